The van der Waals surface area contributed by atoms with E-state index in [4.69, 9.17) is 9.47 Å². The predicted octanol–water partition coefficient (Wildman–Crippen LogP) is 3.74. The van der Waals surface area contributed by atoms with Crippen LogP contribution in [0.2, 0.25) is 0 Å². The van der Waals surface area contributed by atoms with Gasteiger partial charge < -0.3 is 30.3 Å². The Labute approximate surface area is 201 Å². The van der Waals surface area contributed by atoms with Gasteiger partial charge in [0.25, 0.3) is 5.91 Å². The van der Waals surface area contributed by atoms with E-state index in [9.17, 15) is 15.0 Å². The number of benzene rings is 3. The Hall–Kier alpha value is -4.86. The van der Waals surface area contributed by atoms with E-state index in [1.165, 1.54) is 26.4 Å². The Balaban J connectivity index is 1.79. The number of carbonyl (C=O) groups excluding carboxylic acids is 1. The number of nitrogens with zero attached hydrogens (tertiary/aromatic N) is 3. The van der Waals surface area contributed by atoms with Gasteiger partial charge in [-0.05, 0) is 48.5 Å². The van der Waals surface area contributed by atoms with Crippen molar-refractivity contribution in [2.75, 3.05) is 26.6 Å². The van der Waals surface area contributed by atoms with Gasteiger partial charge in [0.1, 0.15) is 23.0 Å². The fourth-order valence-electron chi connectivity index (χ4n) is 3.31. The van der Waals surface area contributed by atoms with Crippen molar-refractivity contribution < 1.29 is 24.5 Å². The van der Waals surface area contributed by atoms with Gasteiger partial charge in [0.2, 0.25) is 5.95 Å². The molecule has 0 radical (unpaired) electrons. The summed E-state index contributed by atoms with van der Waals surface area (Å²) in [6.07, 6.45) is 0. The van der Waals surface area contributed by atoms with Gasteiger partial charge in [-0.15, -0.1) is 0 Å². The van der Waals surface area contributed by atoms with Crippen LogP contribution in [0.25, 0.3) is 22.8 Å². The fourth-order valence-corrected chi connectivity index (χ4v) is 3.31. The zero-order chi connectivity index (χ0) is 24.9. The van der Waals surface area contributed by atoms with Crippen molar-refractivity contribution in [2.24, 2.45) is 0 Å². The molecule has 0 atom stereocenters. The zero-order valence-corrected chi connectivity index (χ0v) is 19.2. The summed E-state index contributed by atoms with van der Waals surface area (Å²) in [6.45, 7) is 0. The van der Waals surface area contributed by atoms with Crippen LogP contribution in [-0.2, 0) is 0 Å². The molecule has 1 heterocycles. The van der Waals surface area contributed by atoms with Crippen LogP contribution < -0.4 is 20.1 Å². The molecule has 0 saturated heterocycles. The number of nitrogens with one attached hydrogen (secondary N) is 2. The zero-order valence-electron chi connectivity index (χ0n) is 19.2. The first-order valence-corrected chi connectivity index (χ1v) is 10.5. The third-order valence-electron chi connectivity index (χ3n) is 5.16. The van der Waals surface area contributed by atoms with Crippen molar-refractivity contribution in [3.8, 4) is 45.8 Å². The maximum atomic E-state index is 11.8. The molecule has 0 fully saturated rings. The lowest BCUT2D eigenvalue weighted by atomic mass is 10.1. The number of carbonyl (C=O) groups is 1. The molecule has 0 aliphatic rings. The molecule has 35 heavy (non-hydrogen) atoms. The van der Waals surface area contributed by atoms with Gasteiger partial charge in [-0.3, -0.25) is 4.79 Å². The highest BCUT2D eigenvalue weighted by atomic mass is 16.5. The normalized spacial score (nSPS) is 10.5. The second kappa shape index (κ2) is 9.96. The summed E-state index contributed by atoms with van der Waals surface area (Å²) >= 11 is 0. The number of ether oxygens (including phenoxy) is 2. The number of aromatic hydroxyl groups is 2. The molecular weight excluding hydrogens is 450 g/mol. The molecular formula is C25H23N5O5. The fraction of sp³-hybridized carbons (Fsp3) is 0.120. The second-order valence-electron chi connectivity index (χ2n) is 7.35. The van der Waals surface area contributed by atoms with Crippen LogP contribution in [0.3, 0.4) is 0 Å². The largest absolute Gasteiger partial charge is 0.507 e. The summed E-state index contributed by atoms with van der Waals surface area (Å²) in [5.41, 5.74) is 1.82. The highest BCUT2D eigenvalue weighted by Gasteiger charge is 2.17. The van der Waals surface area contributed by atoms with Gasteiger partial charge in [0, 0.05) is 30.4 Å². The van der Waals surface area contributed by atoms with Crippen molar-refractivity contribution in [2.45, 2.75) is 0 Å². The van der Waals surface area contributed by atoms with Gasteiger partial charge in [0.05, 0.1) is 25.3 Å². The van der Waals surface area contributed by atoms with E-state index in [2.05, 4.69) is 25.6 Å². The maximum absolute atomic E-state index is 11.8. The molecule has 1 aromatic heterocycles. The summed E-state index contributed by atoms with van der Waals surface area (Å²) < 4.78 is 10.3. The maximum Gasteiger partial charge on any atom is 0.251 e. The molecule has 4 N–H and O–H groups in total. The van der Waals surface area contributed by atoms with Crippen molar-refractivity contribution in [3.05, 3.63) is 66.2 Å². The Morgan fingerprint density at radius 2 is 1.29 bits per heavy atom. The summed E-state index contributed by atoms with van der Waals surface area (Å²) in [5, 5.41) is 26.7. The van der Waals surface area contributed by atoms with Crippen molar-refractivity contribution in [1.29, 1.82) is 0 Å². The molecule has 1 amide bonds. The summed E-state index contributed by atoms with van der Waals surface area (Å²) in [4.78, 5) is 25.2. The molecule has 0 saturated carbocycles. The van der Waals surface area contributed by atoms with E-state index in [-0.39, 0.29) is 35.0 Å². The molecule has 0 aliphatic carbocycles. The van der Waals surface area contributed by atoms with Crippen LogP contribution in [0.1, 0.15) is 10.4 Å². The summed E-state index contributed by atoms with van der Waals surface area (Å²) in [5.74, 6) is 1.10. The van der Waals surface area contributed by atoms with Gasteiger partial charge in [-0.25, -0.2) is 4.98 Å². The van der Waals surface area contributed by atoms with Gasteiger partial charge in [0.15, 0.2) is 11.6 Å². The predicted molar refractivity (Wildman–Crippen MR) is 130 cm³/mol. The van der Waals surface area contributed by atoms with Crippen LogP contribution in [0, 0.1) is 0 Å². The number of phenols is 2. The van der Waals surface area contributed by atoms with Crippen molar-refractivity contribution in [1.82, 2.24) is 20.3 Å². The number of methoxy groups -OCH3 is 2. The van der Waals surface area contributed by atoms with Crippen LogP contribution in [0.4, 0.5) is 11.6 Å². The second-order valence-corrected chi connectivity index (χ2v) is 7.35. The van der Waals surface area contributed by atoms with E-state index in [1.54, 1.807) is 55.6 Å². The number of anilines is 2. The number of amides is 1. The number of phenolic OH excluding ortho intramolecular Hbond substituents is 2. The smallest absolute Gasteiger partial charge is 0.251 e. The van der Waals surface area contributed by atoms with Crippen LogP contribution in [0.15, 0.2) is 60.7 Å². The third-order valence-corrected chi connectivity index (χ3v) is 5.16. The first-order chi connectivity index (χ1) is 16.9. The monoisotopic (exact) mass is 473 g/mol. The Bertz CT molecular complexity index is 1300. The average molecular weight is 473 g/mol. The average Bonchev–Trinajstić information content (AvgIpc) is 2.88. The molecule has 0 aliphatic heterocycles. The van der Waals surface area contributed by atoms with Crippen LogP contribution >= 0.6 is 0 Å². The van der Waals surface area contributed by atoms with E-state index >= 15 is 0 Å². The lowest BCUT2D eigenvalue weighted by molar-refractivity contribution is 0.0963. The lowest BCUT2D eigenvalue weighted by Gasteiger charge is -2.12. The molecule has 4 aromatic rings. The SMILES string of the molecule is CNC(=O)c1ccc(Nc2nc(-c3ccc(OC)cc3O)nc(-c3ccc(OC)cc3O)n2)cc1. The van der Waals surface area contributed by atoms with Crippen molar-refractivity contribution >= 4 is 17.5 Å². The lowest BCUT2D eigenvalue weighted by Crippen LogP contribution is -2.17. The summed E-state index contributed by atoms with van der Waals surface area (Å²) in [6, 6.07) is 16.3. The third kappa shape index (κ3) is 5.06. The minimum atomic E-state index is -0.203. The van der Waals surface area contributed by atoms with Gasteiger partial charge in [-0.2, -0.15) is 9.97 Å². The Morgan fingerprint density at radius 3 is 1.71 bits per heavy atom. The van der Waals surface area contributed by atoms with Crippen molar-refractivity contribution in [3.63, 3.8) is 0 Å². The highest BCUT2D eigenvalue weighted by Crippen LogP contribution is 2.35. The van der Waals surface area contributed by atoms with E-state index in [1.807, 2.05) is 0 Å². The van der Waals surface area contributed by atoms with Gasteiger partial charge >= 0.3 is 0 Å². The Kier molecular flexibility index (Phi) is 6.63. The van der Waals surface area contributed by atoms with Gasteiger partial charge in [-0.1, -0.05) is 0 Å². The molecule has 10 heteroatoms. The van der Waals surface area contributed by atoms with E-state index in [0.29, 0.717) is 33.9 Å². The molecule has 0 spiro atoms. The highest BCUT2D eigenvalue weighted by molar-refractivity contribution is 5.94. The molecule has 10 nitrogen and oxygen atoms in total. The van der Waals surface area contributed by atoms with Crippen LogP contribution in [0.5, 0.6) is 23.0 Å². The topological polar surface area (TPSA) is 139 Å². The first-order valence-electron chi connectivity index (χ1n) is 10.5. The molecule has 3 aromatic carbocycles. The first kappa shape index (κ1) is 23.3. The quantitative estimate of drug-likeness (QED) is 0.316. The Morgan fingerprint density at radius 1 is 0.771 bits per heavy atom. The minimum absolute atomic E-state index is 0.0821. The van der Waals surface area contributed by atoms with E-state index in [0.717, 1.165) is 0 Å². The minimum Gasteiger partial charge on any atom is -0.507 e. The molecule has 0 bridgehead atoms. The molecule has 178 valence electrons. The van der Waals surface area contributed by atoms with Crippen LogP contribution in [-0.4, -0.2) is 52.3 Å². The number of rotatable bonds is 7. The number of hydrogen-bond donors (Lipinski definition) is 4. The summed E-state index contributed by atoms with van der Waals surface area (Å²) in [7, 11) is 4.56. The molecule has 0 unspecified atom stereocenters. The standard InChI is InChI=1S/C25H23N5O5/c1-26-24(33)14-4-6-15(7-5-14)27-25-29-22(18-10-8-16(34-2)12-20(18)31)28-23(30-25)19-11-9-17(35-3)13-21(19)32/h4-13,31-32H,1-3H3,(H,26,33)(H,27,28,29,30). The number of aromatic nitrogens is 3. The molecule has 4 rings (SSSR count). The number of hydrogen-bond acceptors (Lipinski definition) is 9. The van der Waals surface area contributed by atoms with E-state index < -0.39 is 0 Å².